The third-order valence-electron chi connectivity index (χ3n) is 6.50. The fraction of sp³-hybridized carbons (Fsp3) is 0.560. The molecule has 0 saturated carbocycles. The van der Waals surface area contributed by atoms with Crippen molar-refractivity contribution in [2.45, 2.75) is 58.1 Å². The normalized spacial score (nSPS) is 21.2. The van der Waals surface area contributed by atoms with Gasteiger partial charge in [-0.3, -0.25) is 14.3 Å². The van der Waals surface area contributed by atoms with Crippen LogP contribution in [0.25, 0.3) is 0 Å². The van der Waals surface area contributed by atoms with Gasteiger partial charge in [0.15, 0.2) is 5.69 Å². The second-order valence-corrected chi connectivity index (χ2v) is 9.41. The number of carbonyl (C=O) groups excluding carboxylic acids is 2. The highest BCUT2D eigenvalue weighted by Crippen LogP contribution is 2.28. The van der Waals surface area contributed by atoms with E-state index in [4.69, 9.17) is 16.3 Å². The molecule has 1 aromatic carbocycles. The highest BCUT2D eigenvalue weighted by molar-refractivity contribution is 6.33. The number of rotatable bonds is 7. The van der Waals surface area contributed by atoms with Crippen LogP contribution in [0, 0.1) is 5.92 Å². The fourth-order valence-corrected chi connectivity index (χ4v) is 4.98. The molecular weight excluding hydrogens is 440 g/mol. The third-order valence-corrected chi connectivity index (χ3v) is 6.78. The second-order valence-electron chi connectivity index (χ2n) is 9.00. The summed E-state index contributed by atoms with van der Waals surface area (Å²) in [7, 11) is 0. The molecule has 2 aliphatic rings. The summed E-state index contributed by atoms with van der Waals surface area (Å²) < 4.78 is 8.02. The quantitative estimate of drug-likeness (QED) is 0.603. The monoisotopic (exact) mass is 472 g/mol. The molecule has 0 aliphatic carbocycles. The Labute approximate surface area is 200 Å². The second kappa shape index (κ2) is 11.1. The van der Waals surface area contributed by atoms with Crippen LogP contribution in [0.5, 0.6) is 5.75 Å². The van der Waals surface area contributed by atoms with Gasteiger partial charge in [0, 0.05) is 57.7 Å². The van der Waals surface area contributed by atoms with Crippen LogP contribution in [0.4, 0.5) is 0 Å². The molecule has 2 aliphatic heterocycles. The largest absolute Gasteiger partial charge is 0.490 e. The van der Waals surface area contributed by atoms with Gasteiger partial charge < -0.3 is 14.5 Å². The molecule has 0 radical (unpaired) electrons. The lowest BCUT2D eigenvalue weighted by atomic mass is 9.90. The average Bonchev–Trinajstić information content (AvgIpc) is 3.21. The first-order valence-corrected chi connectivity index (χ1v) is 12.4. The Morgan fingerprint density at radius 3 is 2.58 bits per heavy atom. The number of nitrogens with zero attached hydrogens (tertiary/aromatic N) is 4. The number of amides is 2. The van der Waals surface area contributed by atoms with Crippen molar-refractivity contribution in [3.05, 3.63) is 47.2 Å². The van der Waals surface area contributed by atoms with Gasteiger partial charge in [0.25, 0.3) is 5.91 Å². The van der Waals surface area contributed by atoms with Crippen molar-refractivity contribution in [1.29, 1.82) is 0 Å². The maximum Gasteiger partial charge on any atom is 0.275 e. The van der Waals surface area contributed by atoms with Gasteiger partial charge >= 0.3 is 0 Å². The van der Waals surface area contributed by atoms with Gasteiger partial charge in [0.05, 0.1) is 5.02 Å². The number of carbonyl (C=O) groups is 2. The molecular formula is C25H33ClN4O3. The number of ether oxygens (including phenoxy) is 1. The summed E-state index contributed by atoms with van der Waals surface area (Å²) in [4.78, 5) is 30.1. The SMILES string of the molecule is CCCn1cc(Cl)c(C(=O)N2CC[C@H](Oc3ccccc3)[C@@H](CC(=O)N3CCCCC3)C2)n1. The first kappa shape index (κ1) is 23.6. The van der Waals surface area contributed by atoms with E-state index in [1.165, 1.54) is 6.42 Å². The first-order valence-electron chi connectivity index (χ1n) is 12.1. The van der Waals surface area contributed by atoms with Gasteiger partial charge in [-0.25, -0.2) is 0 Å². The van der Waals surface area contributed by atoms with E-state index < -0.39 is 0 Å². The third kappa shape index (κ3) is 5.88. The molecule has 0 spiro atoms. The molecule has 178 valence electrons. The van der Waals surface area contributed by atoms with Crippen LogP contribution >= 0.6 is 11.6 Å². The minimum Gasteiger partial charge on any atom is -0.490 e. The summed E-state index contributed by atoms with van der Waals surface area (Å²) in [5.74, 6) is 0.678. The number of piperidine rings is 2. The van der Waals surface area contributed by atoms with Crippen LogP contribution in [-0.4, -0.2) is 63.7 Å². The van der Waals surface area contributed by atoms with E-state index in [0.717, 1.165) is 38.1 Å². The summed E-state index contributed by atoms with van der Waals surface area (Å²) >= 11 is 6.34. The molecule has 1 aromatic heterocycles. The van der Waals surface area contributed by atoms with Crippen molar-refractivity contribution in [1.82, 2.24) is 19.6 Å². The van der Waals surface area contributed by atoms with E-state index in [9.17, 15) is 9.59 Å². The van der Waals surface area contributed by atoms with Crippen LogP contribution in [0.1, 0.15) is 55.9 Å². The van der Waals surface area contributed by atoms with Gasteiger partial charge in [-0.2, -0.15) is 5.10 Å². The van der Waals surface area contributed by atoms with Crippen molar-refractivity contribution in [2.75, 3.05) is 26.2 Å². The van der Waals surface area contributed by atoms with E-state index in [-0.39, 0.29) is 29.5 Å². The first-order chi connectivity index (χ1) is 16.0. The number of aryl methyl sites for hydroxylation is 1. The molecule has 8 heteroatoms. The maximum atomic E-state index is 13.3. The van der Waals surface area contributed by atoms with Gasteiger partial charge in [0.2, 0.25) is 5.91 Å². The molecule has 0 unspecified atom stereocenters. The number of hydrogen-bond donors (Lipinski definition) is 0. The topological polar surface area (TPSA) is 67.7 Å². The van der Waals surface area contributed by atoms with Gasteiger partial charge in [0.1, 0.15) is 11.9 Å². The predicted molar refractivity (Wildman–Crippen MR) is 127 cm³/mol. The molecule has 33 heavy (non-hydrogen) atoms. The average molecular weight is 473 g/mol. The van der Waals surface area contributed by atoms with Crippen LogP contribution in [0.15, 0.2) is 36.5 Å². The Bertz CT molecular complexity index is 942. The maximum absolute atomic E-state index is 13.3. The minimum atomic E-state index is -0.177. The predicted octanol–water partition coefficient (Wildman–Crippen LogP) is 4.26. The van der Waals surface area contributed by atoms with E-state index in [1.807, 2.05) is 35.2 Å². The molecule has 2 saturated heterocycles. The zero-order valence-electron chi connectivity index (χ0n) is 19.3. The zero-order valence-corrected chi connectivity index (χ0v) is 20.0. The molecule has 2 fully saturated rings. The van der Waals surface area contributed by atoms with Crippen LogP contribution in [-0.2, 0) is 11.3 Å². The fourth-order valence-electron chi connectivity index (χ4n) is 4.75. The van der Waals surface area contributed by atoms with Crippen molar-refractivity contribution < 1.29 is 14.3 Å². The van der Waals surface area contributed by atoms with Crippen LogP contribution < -0.4 is 4.74 Å². The molecule has 7 nitrogen and oxygen atoms in total. The number of benzene rings is 1. The summed E-state index contributed by atoms with van der Waals surface area (Å²) in [6.45, 7) is 5.41. The van der Waals surface area contributed by atoms with E-state index >= 15 is 0 Å². The van der Waals surface area contributed by atoms with Crippen molar-refractivity contribution >= 4 is 23.4 Å². The van der Waals surface area contributed by atoms with Gasteiger partial charge in [-0.05, 0) is 37.8 Å². The lowest BCUT2D eigenvalue weighted by molar-refractivity contribution is -0.134. The highest BCUT2D eigenvalue weighted by atomic mass is 35.5. The summed E-state index contributed by atoms with van der Waals surface area (Å²) in [6, 6.07) is 9.70. The Kier molecular flexibility index (Phi) is 7.91. The smallest absolute Gasteiger partial charge is 0.275 e. The summed E-state index contributed by atoms with van der Waals surface area (Å²) in [6.07, 6.45) is 6.83. The molecule has 2 aromatic rings. The van der Waals surface area contributed by atoms with Crippen molar-refractivity contribution in [2.24, 2.45) is 5.92 Å². The number of hydrogen-bond acceptors (Lipinski definition) is 4. The van der Waals surface area contributed by atoms with Crippen molar-refractivity contribution in [3.8, 4) is 5.75 Å². The molecule has 4 rings (SSSR count). The van der Waals surface area contributed by atoms with Gasteiger partial charge in [-0.15, -0.1) is 0 Å². The standard InChI is InChI=1S/C25H33ClN4O3/c1-2-12-30-18-21(26)24(27-30)25(32)29-15-11-22(33-20-9-5-3-6-10-20)19(17-29)16-23(31)28-13-7-4-8-14-28/h3,5-6,9-10,18-19,22H,2,4,7-8,11-17H2,1H3/t19-,22-/m0/s1. The van der Waals surface area contributed by atoms with Crippen LogP contribution in [0.3, 0.4) is 0 Å². The van der Waals surface area contributed by atoms with E-state index in [1.54, 1.807) is 15.8 Å². The molecule has 2 atom stereocenters. The lowest BCUT2D eigenvalue weighted by Crippen LogP contribution is -2.50. The summed E-state index contributed by atoms with van der Waals surface area (Å²) in [5, 5.41) is 4.78. The molecule has 3 heterocycles. The van der Waals surface area contributed by atoms with E-state index in [0.29, 0.717) is 37.5 Å². The number of para-hydroxylation sites is 1. The highest BCUT2D eigenvalue weighted by Gasteiger charge is 2.36. The molecule has 2 amide bonds. The number of aromatic nitrogens is 2. The number of likely N-dealkylation sites (tertiary alicyclic amines) is 2. The minimum absolute atomic E-state index is 0.0890. The molecule has 0 bridgehead atoms. The Morgan fingerprint density at radius 2 is 1.85 bits per heavy atom. The Balaban J connectivity index is 1.48. The van der Waals surface area contributed by atoms with Crippen molar-refractivity contribution in [3.63, 3.8) is 0 Å². The van der Waals surface area contributed by atoms with E-state index in [2.05, 4.69) is 12.0 Å². The van der Waals surface area contributed by atoms with Crippen LogP contribution in [0.2, 0.25) is 5.02 Å². The molecule has 0 N–H and O–H groups in total. The Hall–Kier alpha value is -2.54. The summed E-state index contributed by atoms with van der Waals surface area (Å²) in [5.41, 5.74) is 0.286. The lowest BCUT2D eigenvalue weighted by Gasteiger charge is -2.39. The van der Waals surface area contributed by atoms with Gasteiger partial charge in [-0.1, -0.05) is 36.7 Å². The Morgan fingerprint density at radius 1 is 1.09 bits per heavy atom. The zero-order chi connectivity index (χ0) is 23.2. The number of halogens is 1.